The number of rotatable bonds is 6. The van der Waals surface area contributed by atoms with Crippen LogP contribution < -0.4 is 9.47 Å². The van der Waals surface area contributed by atoms with Gasteiger partial charge in [-0.2, -0.15) is 4.98 Å². The van der Waals surface area contributed by atoms with Crippen molar-refractivity contribution in [1.82, 2.24) is 9.97 Å². The maximum Gasteiger partial charge on any atom is 0.218 e. The number of methoxy groups -OCH3 is 2. The van der Waals surface area contributed by atoms with E-state index in [0.29, 0.717) is 30.1 Å². The van der Waals surface area contributed by atoms with Gasteiger partial charge in [-0.25, -0.2) is 4.98 Å². The van der Waals surface area contributed by atoms with Gasteiger partial charge in [0.05, 0.1) is 7.11 Å². The average molecular weight is 295 g/mol. The molecule has 0 aliphatic heterocycles. The number of aromatic nitrogens is 2. The van der Waals surface area contributed by atoms with Crippen molar-refractivity contribution in [1.29, 1.82) is 0 Å². The third-order valence-electron chi connectivity index (χ3n) is 2.54. The van der Waals surface area contributed by atoms with E-state index in [1.807, 2.05) is 24.3 Å². The lowest BCUT2D eigenvalue weighted by atomic mass is 10.2. The molecule has 0 aliphatic rings. The molecule has 0 fully saturated rings. The average Bonchev–Trinajstić information content (AvgIpc) is 2.45. The van der Waals surface area contributed by atoms with Crippen molar-refractivity contribution in [2.75, 3.05) is 14.2 Å². The Kier molecular flexibility index (Phi) is 5.15. The molecule has 0 aliphatic carbocycles. The Labute approximate surface area is 122 Å². The number of hydrogen-bond donors (Lipinski definition) is 0. The van der Waals surface area contributed by atoms with Gasteiger partial charge >= 0.3 is 0 Å². The fourth-order valence-electron chi connectivity index (χ4n) is 1.59. The summed E-state index contributed by atoms with van der Waals surface area (Å²) in [5, 5.41) is 0.330. The summed E-state index contributed by atoms with van der Waals surface area (Å²) in [4.78, 5) is 8.24. The highest BCUT2D eigenvalue weighted by Gasteiger charge is 2.05. The van der Waals surface area contributed by atoms with Crippen LogP contribution in [0.3, 0.4) is 0 Å². The van der Waals surface area contributed by atoms with Crippen molar-refractivity contribution < 1.29 is 14.2 Å². The monoisotopic (exact) mass is 294 g/mol. The number of benzene rings is 1. The van der Waals surface area contributed by atoms with E-state index in [9.17, 15) is 0 Å². The van der Waals surface area contributed by atoms with Gasteiger partial charge in [0.2, 0.25) is 5.88 Å². The van der Waals surface area contributed by atoms with Crippen molar-refractivity contribution in [2.24, 2.45) is 0 Å². The molecule has 0 amide bonds. The highest BCUT2D eigenvalue weighted by molar-refractivity contribution is 6.29. The lowest BCUT2D eigenvalue weighted by Crippen LogP contribution is -2.02. The first-order valence-corrected chi connectivity index (χ1v) is 6.37. The summed E-state index contributed by atoms with van der Waals surface area (Å²) in [6, 6.07) is 9.18. The molecule has 20 heavy (non-hydrogen) atoms. The van der Waals surface area contributed by atoms with Crippen LogP contribution >= 0.6 is 11.6 Å². The summed E-state index contributed by atoms with van der Waals surface area (Å²) in [7, 11) is 3.20. The minimum absolute atomic E-state index is 0.291. The van der Waals surface area contributed by atoms with Crippen molar-refractivity contribution in [3.8, 4) is 11.6 Å². The van der Waals surface area contributed by atoms with Gasteiger partial charge in [-0.05, 0) is 17.7 Å². The quantitative estimate of drug-likeness (QED) is 0.767. The van der Waals surface area contributed by atoms with Crippen molar-refractivity contribution >= 4 is 11.6 Å². The molecule has 6 heteroatoms. The second-order valence-corrected chi connectivity index (χ2v) is 4.40. The zero-order valence-electron chi connectivity index (χ0n) is 11.3. The first-order valence-electron chi connectivity index (χ1n) is 5.99. The predicted molar refractivity (Wildman–Crippen MR) is 75.1 cm³/mol. The van der Waals surface area contributed by atoms with E-state index < -0.39 is 0 Å². The molecule has 106 valence electrons. The van der Waals surface area contributed by atoms with Crippen molar-refractivity contribution in [3.63, 3.8) is 0 Å². The van der Waals surface area contributed by atoms with Crippen LogP contribution in [-0.4, -0.2) is 24.2 Å². The third kappa shape index (κ3) is 4.08. The van der Waals surface area contributed by atoms with E-state index in [1.54, 1.807) is 20.3 Å². The van der Waals surface area contributed by atoms with Crippen LogP contribution in [-0.2, 0) is 18.0 Å². The van der Waals surface area contributed by atoms with Crippen LogP contribution in [0.1, 0.15) is 11.4 Å². The fraction of sp³-hybridized carbons (Fsp3) is 0.286. The molecule has 2 rings (SSSR count). The second-order valence-electron chi connectivity index (χ2n) is 4.01. The lowest BCUT2D eigenvalue weighted by Gasteiger charge is -2.08. The summed E-state index contributed by atoms with van der Waals surface area (Å²) in [5.41, 5.74) is 1.01. The summed E-state index contributed by atoms with van der Waals surface area (Å²) < 4.78 is 15.7. The van der Waals surface area contributed by atoms with E-state index in [0.717, 1.165) is 11.3 Å². The van der Waals surface area contributed by atoms with E-state index in [1.165, 1.54) is 0 Å². The van der Waals surface area contributed by atoms with Crippen molar-refractivity contribution in [3.05, 3.63) is 46.9 Å². The van der Waals surface area contributed by atoms with Crippen LogP contribution in [0.15, 0.2) is 30.3 Å². The SMILES string of the molecule is COCc1nc(Cl)cc(OCc2ccc(OC)cc2)n1. The Balaban J connectivity index is 2.02. The molecule has 0 radical (unpaired) electrons. The maximum absolute atomic E-state index is 5.90. The Bertz CT molecular complexity index is 561. The standard InChI is InChI=1S/C14H15ClN2O3/c1-18-9-13-16-12(15)7-14(17-13)20-8-10-3-5-11(19-2)6-4-10/h3-7H,8-9H2,1-2H3. The fourth-order valence-corrected chi connectivity index (χ4v) is 1.78. The van der Waals surface area contributed by atoms with E-state index in [2.05, 4.69) is 9.97 Å². The molecule has 0 saturated carbocycles. The number of halogens is 1. The second kappa shape index (κ2) is 7.07. The van der Waals surface area contributed by atoms with Crippen LogP contribution in [0.2, 0.25) is 5.15 Å². The van der Waals surface area contributed by atoms with Crippen LogP contribution in [0.25, 0.3) is 0 Å². The minimum atomic E-state index is 0.291. The van der Waals surface area contributed by atoms with E-state index in [4.69, 9.17) is 25.8 Å². The Hall–Kier alpha value is -1.85. The molecule has 0 spiro atoms. The van der Waals surface area contributed by atoms with Crippen LogP contribution in [0, 0.1) is 0 Å². The molecule has 0 unspecified atom stereocenters. The first-order chi connectivity index (χ1) is 9.71. The molecule has 2 aromatic rings. The van der Waals surface area contributed by atoms with Gasteiger partial charge in [-0.1, -0.05) is 23.7 Å². The minimum Gasteiger partial charge on any atom is -0.497 e. The Morgan fingerprint density at radius 2 is 1.80 bits per heavy atom. The number of nitrogens with zero attached hydrogens (tertiary/aromatic N) is 2. The molecule has 0 bridgehead atoms. The molecule has 1 aromatic heterocycles. The highest BCUT2D eigenvalue weighted by Crippen LogP contribution is 2.17. The maximum atomic E-state index is 5.90. The van der Waals surface area contributed by atoms with E-state index in [-0.39, 0.29) is 0 Å². The molecule has 0 saturated heterocycles. The molecule has 5 nitrogen and oxygen atoms in total. The van der Waals surface area contributed by atoms with Gasteiger partial charge < -0.3 is 14.2 Å². The highest BCUT2D eigenvalue weighted by atomic mass is 35.5. The van der Waals surface area contributed by atoms with Gasteiger partial charge in [0.1, 0.15) is 24.1 Å². The molecule has 1 heterocycles. The third-order valence-corrected chi connectivity index (χ3v) is 2.73. The van der Waals surface area contributed by atoms with Gasteiger partial charge in [0, 0.05) is 13.2 Å². The van der Waals surface area contributed by atoms with Gasteiger partial charge in [0.15, 0.2) is 5.82 Å². The topological polar surface area (TPSA) is 53.5 Å². The van der Waals surface area contributed by atoms with Crippen LogP contribution in [0.5, 0.6) is 11.6 Å². The smallest absolute Gasteiger partial charge is 0.218 e. The number of hydrogen-bond acceptors (Lipinski definition) is 5. The normalized spacial score (nSPS) is 10.3. The van der Waals surface area contributed by atoms with Gasteiger partial charge in [0.25, 0.3) is 0 Å². The molecule has 1 aromatic carbocycles. The largest absolute Gasteiger partial charge is 0.497 e. The van der Waals surface area contributed by atoms with Gasteiger partial charge in [-0.3, -0.25) is 0 Å². The molecular weight excluding hydrogens is 280 g/mol. The zero-order chi connectivity index (χ0) is 14.4. The Morgan fingerprint density at radius 3 is 2.45 bits per heavy atom. The molecule has 0 atom stereocenters. The van der Waals surface area contributed by atoms with Gasteiger partial charge in [-0.15, -0.1) is 0 Å². The molecule has 0 N–H and O–H groups in total. The van der Waals surface area contributed by atoms with Crippen molar-refractivity contribution in [2.45, 2.75) is 13.2 Å². The summed E-state index contributed by atoms with van der Waals surface area (Å²) >= 11 is 5.90. The van der Waals surface area contributed by atoms with E-state index >= 15 is 0 Å². The first kappa shape index (κ1) is 14.6. The number of ether oxygens (including phenoxy) is 3. The summed E-state index contributed by atoms with van der Waals surface area (Å²) in [6.07, 6.45) is 0. The van der Waals surface area contributed by atoms with Crippen LogP contribution in [0.4, 0.5) is 0 Å². The predicted octanol–water partition coefficient (Wildman–Crippen LogP) is 2.86. The zero-order valence-corrected chi connectivity index (χ0v) is 12.1. The summed E-state index contributed by atoms with van der Waals surface area (Å²) in [5.74, 6) is 1.72. The lowest BCUT2D eigenvalue weighted by molar-refractivity contribution is 0.176. The Morgan fingerprint density at radius 1 is 1.05 bits per heavy atom. The molecular formula is C14H15ClN2O3. The summed E-state index contributed by atoms with van der Waals surface area (Å²) in [6.45, 7) is 0.684.